The highest BCUT2D eigenvalue weighted by atomic mass is 16.5. The molecule has 0 spiro atoms. The zero-order valence-corrected chi connectivity index (χ0v) is 11.1. The van der Waals surface area contributed by atoms with Gasteiger partial charge in [0.05, 0.1) is 5.92 Å². The molecule has 0 aliphatic carbocycles. The molecule has 1 rings (SSSR count). The predicted octanol–water partition coefficient (Wildman–Crippen LogP) is 2.74. The molecule has 0 fully saturated rings. The summed E-state index contributed by atoms with van der Waals surface area (Å²) in [5.74, 6) is -2.15. The average Bonchev–Trinajstić information content (AvgIpc) is 2.38. The van der Waals surface area contributed by atoms with E-state index in [-0.39, 0.29) is 0 Å². The van der Waals surface area contributed by atoms with Gasteiger partial charge >= 0.3 is 11.9 Å². The first-order valence-corrected chi connectivity index (χ1v) is 6.21. The van der Waals surface area contributed by atoms with E-state index in [1.54, 1.807) is 19.9 Å². The number of ether oxygens (including phenoxy) is 1. The van der Waals surface area contributed by atoms with Crippen LogP contribution in [0, 0.1) is 5.92 Å². The Kier molecular flexibility index (Phi) is 5.79. The molecule has 4 nitrogen and oxygen atoms in total. The molecule has 2 unspecified atom stereocenters. The number of carboxylic acid groups (broad SMARTS) is 1. The maximum atomic E-state index is 11.6. The molecule has 0 heterocycles. The Morgan fingerprint density at radius 2 is 1.95 bits per heavy atom. The normalized spacial score (nSPS) is 14.0. The van der Waals surface area contributed by atoms with E-state index in [2.05, 4.69) is 0 Å². The summed E-state index contributed by atoms with van der Waals surface area (Å²) in [4.78, 5) is 22.5. The van der Waals surface area contributed by atoms with Crippen molar-refractivity contribution in [1.82, 2.24) is 0 Å². The Hall–Kier alpha value is -2.10. The first kappa shape index (κ1) is 15.0. The minimum Gasteiger partial charge on any atom is -0.481 e. The fraction of sp³-hybridized carbons (Fsp3) is 0.333. The first-order valence-electron chi connectivity index (χ1n) is 6.21. The molecule has 0 aliphatic heterocycles. The molecular weight excluding hydrogens is 244 g/mol. The van der Waals surface area contributed by atoms with Crippen LogP contribution in [0.3, 0.4) is 0 Å². The Morgan fingerprint density at radius 3 is 2.47 bits per heavy atom. The summed E-state index contributed by atoms with van der Waals surface area (Å²) in [7, 11) is 0. The van der Waals surface area contributed by atoms with Gasteiger partial charge in [-0.1, -0.05) is 37.3 Å². The number of carbonyl (C=O) groups excluding carboxylic acids is 1. The van der Waals surface area contributed by atoms with Gasteiger partial charge in [-0.05, 0) is 25.0 Å². The van der Waals surface area contributed by atoms with Gasteiger partial charge < -0.3 is 9.84 Å². The molecule has 0 bridgehead atoms. The topological polar surface area (TPSA) is 63.6 Å². The number of carboxylic acids is 1. The molecule has 0 amide bonds. The minimum absolute atomic E-state index is 0.423. The number of hydrogen-bond acceptors (Lipinski definition) is 3. The zero-order chi connectivity index (χ0) is 14.3. The van der Waals surface area contributed by atoms with Crippen molar-refractivity contribution < 1.29 is 19.4 Å². The molecule has 2 atom stereocenters. The van der Waals surface area contributed by atoms with Crippen LogP contribution in [0.15, 0.2) is 36.4 Å². The van der Waals surface area contributed by atoms with Crippen LogP contribution in [0.25, 0.3) is 6.08 Å². The summed E-state index contributed by atoms with van der Waals surface area (Å²) in [5.41, 5.74) is 0.886. The van der Waals surface area contributed by atoms with E-state index < -0.39 is 24.0 Å². The monoisotopic (exact) mass is 262 g/mol. The largest absolute Gasteiger partial charge is 0.481 e. The Labute approximate surface area is 112 Å². The van der Waals surface area contributed by atoms with Crippen LogP contribution in [0.1, 0.15) is 25.8 Å². The molecular formula is C15H18O4. The van der Waals surface area contributed by atoms with E-state index in [9.17, 15) is 9.59 Å². The van der Waals surface area contributed by atoms with Crippen LogP contribution in [0.2, 0.25) is 0 Å². The van der Waals surface area contributed by atoms with Crippen molar-refractivity contribution in [2.24, 2.45) is 5.92 Å². The smallest absolute Gasteiger partial charge is 0.331 e. The lowest BCUT2D eigenvalue weighted by molar-refractivity contribution is -0.154. The molecule has 0 saturated carbocycles. The lowest BCUT2D eigenvalue weighted by atomic mass is 10.0. The molecule has 0 saturated heterocycles. The summed E-state index contributed by atoms with van der Waals surface area (Å²) in [6.45, 7) is 3.35. The van der Waals surface area contributed by atoms with E-state index in [1.807, 2.05) is 30.3 Å². The Bertz CT molecular complexity index is 450. The number of esters is 1. The minimum atomic E-state index is -0.949. The highest BCUT2D eigenvalue weighted by molar-refractivity contribution is 5.87. The first-order chi connectivity index (χ1) is 9.04. The molecule has 1 N–H and O–H groups in total. The summed E-state index contributed by atoms with van der Waals surface area (Å²) in [5, 5.41) is 8.96. The number of rotatable bonds is 6. The molecule has 102 valence electrons. The molecule has 1 aromatic carbocycles. The number of aliphatic carboxylic acids is 1. The van der Waals surface area contributed by atoms with Gasteiger partial charge in [-0.2, -0.15) is 0 Å². The molecule has 0 aliphatic rings. The number of hydrogen-bond donors (Lipinski definition) is 1. The van der Waals surface area contributed by atoms with Crippen LogP contribution in [-0.4, -0.2) is 23.1 Å². The fourth-order valence-electron chi connectivity index (χ4n) is 1.74. The highest BCUT2D eigenvalue weighted by Gasteiger charge is 2.25. The van der Waals surface area contributed by atoms with Crippen molar-refractivity contribution in [1.29, 1.82) is 0 Å². The van der Waals surface area contributed by atoms with Crippen molar-refractivity contribution in [2.45, 2.75) is 26.4 Å². The average molecular weight is 262 g/mol. The maximum Gasteiger partial charge on any atom is 0.331 e. The number of benzene rings is 1. The standard InChI is InChI=1S/C15H18O4/c1-3-13(15(17)18)11(2)19-14(16)10-9-12-7-5-4-6-8-12/h4-11,13H,3H2,1-2H3,(H,17,18). The van der Waals surface area contributed by atoms with Crippen molar-refractivity contribution in [3.8, 4) is 0 Å². The second-order valence-electron chi connectivity index (χ2n) is 4.24. The third-order valence-corrected chi connectivity index (χ3v) is 2.84. The van der Waals surface area contributed by atoms with Crippen molar-refractivity contribution in [3.05, 3.63) is 42.0 Å². The van der Waals surface area contributed by atoms with Crippen LogP contribution in [-0.2, 0) is 14.3 Å². The Balaban J connectivity index is 2.56. The second-order valence-corrected chi connectivity index (χ2v) is 4.24. The van der Waals surface area contributed by atoms with E-state index in [0.29, 0.717) is 6.42 Å². The third kappa shape index (κ3) is 4.95. The van der Waals surface area contributed by atoms with Crippen LogP contribution in [0.5, 0.6) is 0 Å². The fourth-order valence-corrected chi connectivity index (χ4v) is 1.74. The highest BCUT2D eigenvalue weighted by Crippen LogP contribution is 2.13. The van der Waals surface area contributed by atoms with E-state index in [0.717, 1.165) is 5.56 Å². The summed E-state index contributed by atoms with van der Waals surface area (Å²) in [6.07, 6.45) is 2.72. The third-order valence-electron chi connectivity index (χ3n) is 2.84. The van der Waals surface area contributed by atoms with Gasteiger partial charge in [0, 0.05) is 6.08 Å². The molecule has 0 aromatic heterocycles. The molecule has 4 heteroatoms. The van der Waals surface area contributed by atoms with E-state index >= 15 is 0 Å². The molecule has 0 radical (unpaired) electrons. The SMILES string of the molecule is CCC(C(=O)O)C(C)OC(=O)C=Cc1ccccc1. The van der Waals surface area contributed by atoms with Crippen molar-refractivity contribution in [3.63, 3.8) is 0 Å². The van der Waals surface area contributed by atoms with Crippen molar-refractivity contribution >= 4 is 18.0 Å². The van der Waals surface area contributed by atoms with Crippen LogP contribution in [0.4, 0.5) is 0 Å². The summed E-state index contributed by atoms with van der Waals surface area (Å²) >= 11 is 0. The lowest BCUT2D eigenvalue weighted by Gasteiger charge is -2.18. The summed E-state index contributed by atoms with van der Waals surface area (Å²) < 4.78 is 5.08. The lowest BCUT2D eigenvalue weighted by Crippen LogP contribution is -2.29. The van der Waals surface area contributed by atoms with Gasteiger partial charge in [-0.25, -0.2) is 4.79 Å². The van der Waals surface area contributed by atoms with E-state index in [1.165, 1.54) is 6.08 Å². The molecule has 1 aromatic rings. The van der Waals surface area contributed by atoms with Crippen molar-refractivity contribution in [2.75, 3.05) is 0 Å². The maximum absolute atomic E-state index is 11.6. The van der Waals surface area contributed by atoms with Gasteiger partial charge in [0.1, 0.15) is 6.10 Å². The summed E-state index contributed by atoms with van der Waals surface area (Å²) in [6, 6.07) is 9.34. The van der Waals surface area contributed by atoms with Gasteiger partial charge in [-0.3, -0.25) is 4.79 Å². The predicted molar refractivity (Wildman–Crippen MR) is 72.4 cm³/mol. The van der Waals surface area contributed by atoms with Gasteiger partial charge in [0.25, 0.3) is 0 Å². The Morgan fingerprint density at radius 1 is 1.32 bits per heavy atom. The van der Waals surface area contributed by atoms with Gasteiger partial charge in [0.15, 0.2) is 0 Å². The van der Waals surface area contributed by atoms with Gasteiger partial charge in [0.2, 0.25) is 0 Å². The van der Waals surface area contributed by atoms with E-state index in [4.69, 9.17) is 9.84 Å². The zero-order valence-electron chi connectivity index (χ0n) is 11.1. The van der Waals surface area contributed by atoms with Crippen LogP contribution < -0.4 is 0 Å². The molecule has 19 heavy (non-hydrogen) atoms. The van der Waals surface area contributed by atoms with Crippen LogP contribution >= 0.6 is 0 Å². The van der Waals surface area contributed by atoms with Gasteiger partial charge in [-0.15, -0.1) is 0 Å². The number of carbonyl (C=O) groups is 2. The quantitative estimate of drug-likeness (QED) is 0.632. The second kappa shape index (κ2) is 7.36.